The van der Waals surface area contributed by atoms with E-state index in [1.807, 2.05) is 30.3 Å². The van der Waals surface area contributed by atoms with Gasteiger partial charge in [0.1, 0.15) is 12.6 Å². The van der Waals surface area contributed by atoms with Gasteiger partial charge < -0.3 is 20.7 Å². The first-order chi connectivity index (χ1) is 25.1. The number of carbonyl (C=O) groups excluding carboxylic acids is 3. The van der Waals surface area contributed by atoms with Crippen LogP contribution in [0, 0.1) is 0 Å². The van der Waals surface area contributed by atoms with Gasteiger partial charge >= 0.3 is 6.09 Å². The molecule has 3 N–H and O–H groups in total. The first-order valence-corrected chi connectivity index (χ1v) is 21.6. The Morgan fingerprint density at radius 3 is 1.47 bits per heavy atom. The second kappa shape index (κ2) is 35.8. The minimum Gasteiger partial charge on any atom is -0.445 e. The van der Waals surface area contributed by atoms with Crippen molar-refractivity contribution in [3.63, 3.8) is 0 Å². The van der Waals surface area contributed by atoms with E-state index >= 15 is 0 Å². The van der Waals surface area contributed by atoms with Crippen LogP contribution in [-0.4, -0.2) is 37.0 Å². The van der Waals surface area contributed by atoms with Crippen LogP contribution in [0.1, 0.15) is 206 Å². The summed E-state index contributed by atoms with van der Waals surface area (Å²) in [6, 6.07) is 9.06. The summed E-state index contributed by atoms with van der Waals surface area (Å²) < 4.78 is 5.29. The van der Waals surface area contributed by atoms with Gasteiger partial charge in [0.15, 0.2) is 0 Å². The van der Waals surface area contributed by atoms with Crippen LogP contribution in [0.15, 0.2) is 30.3 Å². The van der Waals surface area contributed by atoms with E-state index in [-0.39, 0.29) is 18.4 Å². The van der Waals surface area contributed by atoms with Gasteiger partial charge in [-0.05, 0) is 37.7 Å². The molecular formula is C44H79N3O4. The molecule has 0 aliphatic carbocycles. The van der Waals surface area contributed by atoms with Crippen molar-refractivity contribution in [1.82, 2.24) is 16.0 Å². The van der Waals surface area contributed by atoms with Gasteiger partial charge in [0.25, 0.3) is 0 Å². The molecule has 1 rings (SSSR count). The quantitative estimate of drug-likeness (QED) is 0.0603. The van der Waals surface area contributed by atoms with Crippen LogP contribution in [0.2, 0.25) is 0 Å². The molecule has 0 unspecified atom stereocenters. The van der Waals surface area contributed by atoms with Crippen LogP contribution in [0.25, 0.3) is 0 Å². The van der Waals surface area contributed by atoms with Crippen molar-refractivity contribution in [1.29, 1.82) is 0 Å². The number of amides is 3. The lowest BCUT2D eigenvalue weighted by Gasteiger charge is -2.19. The van der Waals surface area contributed by atoms with Crippen LogP contribution in [-0.2, 0) is 20.9 Å². The van der Waals surface area contributed by atoms with Crippen LogP contribution in [0.5, 0.6) is 0 Å². The number of rotatable bonds is 36. The van der Waals surface area contributed by atoms with Crippen LogP contribution in [0.3, 0.4) is 0 Å². The Balaban J connectivity index is 2.26. The molecule has 3 amide bonds. The van der Waals surface area contributed by atoms with Gasteiger partial charge in [-0.1, -0.05) is 192 Å². The number of hydrogen-bond donors (Lipinski definition) is 3. The van der Waals surface area contributed by atoms with Gasteiger partial charge in [-0.3, -0.25) is 9.59 Å². The van der Waals surface area contributed by atoms with Crippen LogP contribution < -0.4 is 16.0 Å². The second-order valence-corrected chi connectivity index (χ2v) is 14.8. The highest BCUT2D eigenvalue weighted by Gasteiger charge is 2.20. The van der Waals surface area contributed by atoms with Crippen molar-refractivity contribution in [2.75, 3.05) is 13.1 Å². The third kappa shape index (κ3) is 30.7. The van der Waals surface area contributed by atoms with Crippen molar-refractivity contribution in [3.8, 4) is 0 Å². The topological polar surface area (TPSA) is 96.5 Å². The molecule has 1 aromatic rings. The zero-order chi connectivity index (χ0) is 36.9. The maximum atomic E-state index is 13.1. The first-order valence-electron chi connectivity index (χ1n) is 21.6. The average Bonchev–Trinajstić information content (AvgIpc) is 3.14. The number of benzene rings is 1. The molecule has 7 heteroatoms. The lowest BCUT2D eigenvalue weighted by Crippen LogP contribution is -2.47. The Hall–Kier alpha value is -2.57. The number of alkyl carbamates (subject to hydrolysis) is 1. The summed E-state index contributed by atoms with van der Waals surface area (Å²) in [7, 11) is 0. The molecule has 51 heavy (non-hydrogen) atoms. The number of hydrogen-bond acceptors (Lipinski definition) is 4. The van der Waals surface area contributed by atoms with Crippen molar-refractivity contribution < 1.29 is 19.1 Å². The second-order valence-electron chi connectivity index (χ2n) is 14.8. The van der Waals surface area contributed by atoms with Gasteiger partial charge in [0.2, 0.25) is 11.8 Å². The van der Waals surface area contributed by atoms with E-state index in [4.69, 9.17) is 4.74 Å². The van der Waals surface area contributed by atoms with Crippen molar-refractivity contribution >= 4 is 17.9 Å². The summed E-state index contributed by atoms with van der Waals surface area (Å²) in [4.78, 5) is 38.1. The Morgan fingerprint density at radius 1 is 0.529 bits per heavy atom. The highest BCUT2D eigenvalue weighted by atomic mass is 16.5. The molecule has 294 valence electrons. The molecule has 0 bridgehead atoms. The van der Waals surface area contributed by atoms with Gasteiger partial charge in [-0.2, -0.15) is 0 Å². The molecule has 0 spiro atoms. The molecule has 0 aliphatic rings. The molecule has 1 atom stereocenters. The third-order valence-corrected chi connectivity index (χ3v) is 9.89. The number of ether oxygens (including phenoxy) is 1. The predicted octanol–water partition coefficient (Wildman–Crippen LogP) is 11.9. The minimum absolute atomic E-state index is 0.0357. The van der Waals surface area contributed by atoms with E-state index in [1.54, 1.807) is 0 Å². The van der Waals surface area contributed by atoms with Gasteiger partial charge in [-0.25, -0.2) is 4.79 Å². The number of nitrogens with one attached hydrogen (secondary N) is 3. The molecule has 1 aromatic carbocycles. The summed E-state index contributed by atoms with van der Waals surface area (Å²) in [6.45, 7) is 5.88. The summed E-state index contributed by atoms with van der Waals surface area (Å²) in [5, 5.41) is 8.91. The van der Waals surface area contributed by atoms with Crippen LogP contribution >= 0.6 is 0 Å². The Kier molecular flexibility index (Phi) is 32.6. The van der Waals surface area contributed by atoms with Gasteiger partial charge in [0, 0.05) is 19.5 Å². The fourth-order valence-corrected chi connectivity index (χ4v) is 6.58. The SMILES string of the molecule is CCCCCCCCCCCCCCCCCC(=O)N[C@@H](CCCCNC(=O)OCc1ccccc1)C(=O)NCCCCCCCCCCCC. The first kappa shape index (κ1) is 46.5. The molecule has 0 saturated heterocycles. The van der Waals surface area contributed by atoms with E-state index < -0.39 is 12.1 Å². The molecule has 0 radical (unpaired) electrons. The lowest BCUT2D eigenvalue weighted by atomic mass is 10.0. The Labute approximate surface area is 314 Å². The fraction of sp³-hybridized carbons (Fsp3) is 0.795. The standard InChI is InChI=1S/C44H79N3O4/c1-3-5-7-9-11-13-15-16-17-18-19-20-22-24-29-36-42(48)47-41(43(49)45-37-31-25-23-21-14-12-10-8-6-4-2)35-30-32-38-46-44(50)51-39-40-33-27-26-28-34-40/h26-28,33-34,41H,3-25,29-32,35-39H2,1-2H3,(H,45,49)(H,46,50)(H,47,48)/t41-/m0/s1. The summed E-state index contributed by atoms with van der Waals surface area (Å²) >= 11 is 0. The molecule has 0 heterocycles. The van der Waals surface area contributed by atoms with E-state index in [2.05, 4.69) is 29.8 Å². The van der Waals surface area contributed by atoms with E-state index in [9.17, 15) is 14.4 Å². The monoisotopic (exact) mass is 714 g/mol. The highest BCUT2D eigenvalue weighted by molar-refractivity contribution is 5.87. The number of unbranched alkanes of at least 4 members (excludes halogenated alkanes) is 24. The molecule has 0 saturated carbocycles. The maximum Gasteiger partial charge on any atom is 0.407 e. The molecule has 7 nitrogen and oxygen atoms in total. The van der Waals surface area contributed by atoms with E-state index in [0.717, 1.165) is 31.2 Å². The normalized spacial score (nSPS) is 11.6. The van der Waals surface area contributed by atoms with E-state index in [1.165, 1.54) is 135 Å². The molecule has 0 fully saturated rings. The Morgan fingerprint density at radius 2 is 0.961 bits per heavy atom. The Bertz CT molecular complexity index is 942. The molecule has 0 aromatic heterocycles. The van der Waals surface area contributed by atoms with Crippen LogP contribution in [0.4, 0.5) is 4.79 Å². The average molecular weight is 714 g/mol. The van der Waals surface area contributed by atoms with Gasteiger partial charge in [0.05, 0.1) is 0 Å². The largest absolute Gasteiger partial charge is 0.445 e. The third-order valence-electron chi connectivity index (χ3n) is 9.89. The summed E-state index contributed by atoms with van der Waals surface area (Å²) in [5.41, 5.74) is 0.944. The highest BCUT2D eigenvalue weighted by Crippen LogP contribution is 2.14. The van der Waals surface area contributed by atoms with Crippen molar-refractivity contribution in [2.24, 2.45) is 0 Å². The van der Waals surface area contributed by atoms with Gasteiger partial charge in [-0.15, -0.1) is 0 Å². The maximum absolute atomic E-state index is 13.1. The number of carbonyl (C=O) groups is 3. The van der Waals surface area contributed by atoms with E-state index in [0.29, 0.717) is 38.8 Å². The fourth-order valence-electron chi connectivity index (χ4n) is 6.58. The lowest BCUT2D eigenvalue weighted by molar-refractivity contribution is -0.129. The summed E-state index contributed by atoms with van der Waals surface area (Å²) in [6.07, 6.45) is 34.0. The zero-order valence-corrected chi connectivity index (χ0v) is 33.2. The zero-order valence-electron chi connectivity index (χ0n) is 33.2. The van der Waals surface area contributed by atoms with Crippen molar-refractivity contribution in [3.05, 3.63) is 35.9 Å². The minimum atomic E-state index is -0.540. The summed E-state index contributed by atoms with van der Waals surface area (Å²) in [5.74, 6) is -0.127. The molecule has 0 aliphatic heterocycles. The van der Waals surface area contributed by atoms with Crippen molar-refractivity contribution in [2.45, 2.75) is 213 Å². The predicted molar refractivity (Wildman–Crippen MR) is 215 cm³/mol. The molecular weight excluding hydrogens is 635 g/mol. The smallest absolute Gasteiger partial charge is 0.407 e.